The molecule has 0 amide bonds. The quantitative estimate of drug-likeness (QED) is 0.857. The number of hydrogen-bond donors (Lipinski definition) is 0. The van der Waals surface area contributed by atoms with Crippen molar-refractivity contribution in [2.45, 2.75) is 31.6 Å². The van der Waals surface area contributed by atoms with Crippen LogP contribution < -0.4 is 0 Å². The number of aryl methyl sites for hydroxylation is 2. The number of methoxy groups -OCH3 is 1. The van der Waals surface area contributed by atoms with Crippen LogP contribution in [-0.2, 0) is 14.8 Å². The van der Waals surface area contributed by atoms with Gasteiger partial charge in [0.2, 0.25) is 10.0 Å². The zero-order valence-corrected chi connectivity index (χ0v) is 13.5. The third kappa shape index (κ3) is 3.44. The Kier molecular flexibility index (Phi) is 5.01. The number of nitrogens with zero attached hydrogens (tertiary/aromatic N) is 1. The number of hydrogen-bond acceptors (Lipinski definition) is 3. The zero-order chi connectivity index (χ0) is 15.6. The summed E-state index contributed by atoms with van der Waals surface area (Å²) in [6, 6.07) is 2.55. The van der Waals surface area contributed by atoms with Crippen LogP contribution in [0.2, 0.25) is 0 Å². The lowest BCUT2D eigenvalue weighted by Gasteiger charge is -2.31. The van der Waals surface area contributed by atoms with E-state index in [2.05, 4.69) is 0 Å². The van der Waals surface area contributed by atoms with E-state index in [1.165, 1.54) is 16.4 Å². The maximum Gasteiger partial charge on any atom is 0.243 e. The Morgan fingerprint density at radius 2 is 1.76 bits per heavy atom. The molecule has 1 fully saturated rings. The van der Waals surface area contributed by atoms with Gasteiger partial charge in [-0.2, -0.15) is 4.31 Å². The van der Waals surface area contributed by atoms with Crippen LogP contribution in [0.25, 0.3) is 0 Å². The van der Waals surface area contributed by atoms with E-state index >= 15 is 0 Å². The van der Waals surface area contributed by atoms with Crippen molar-refractivity contribution in [3.05, 3.63) is 29.1 Å². The van der Waals surface area contributed by atoms with Gasteiger partial charge in [-0.15, -0.1) is 0 Å². The highest BCUT2D eigenvalue weighted by atomic mass is 32.2. The van der Waals surface area contributed by atoms with Gasteiger partial charge in [-0.1, -0.05) is 0 Å². The average Bonchev–Trinajstić information content (AvgIpc) is 2.38. The summed E-state index contributed by atoms with van der Waals surface area (Å²) >= 11 is 0. The van der Waals surface area contributed by atoms with Gasteiger partial charge in [-0.25, -0.2) is 12.8 Å². The van der Waals surface area contributed by atoms with E-state index in [0.29, 0.717) is 36.7 Å². The highest BCUT2D eigenvalue weighted by molar-refractivity contribution is 7.89. The van der Waals surface area contributed by atoms with Crippen molar-refractivity contribution in [3.63, 3.8) is 0 Å². The predicted molar refractivity (Wildman–Crippen MR) is 79.2 cm³/mol. The zero-order valence-electron chi connectivity index (χ0n) is 12.7. The molecule has 1 aliphatic rings. The highest BCUT2D eigenvalue weighted by Gasteiger charge is 2.31. The lowest BCUT2D eigenvalue weighted by molar-refractivity contribution is 0.121. The normalized spacial score (nSPS) is 18.1. The van der Waals surface area contributed by atoms with E-state index in [4.69, 9.17) is 4.74 Å². The molecule has 0 bridgehead atoms. The third-order valence-electron chi connectivity index (χ3n) is 4.00. The summed E-state index contributed by atoms with van der Waals surface area (Å²) < 4.78 is 45.5. The van der Waals surface area contributed by atoms with Crippen LogP contribution in [0.15, 0.2) is 17.0 Å². The van der Waals surface area contributed by atoms with Gasteiger partial charge in [0.05, 0.1) is 4.90 Å². The molecular weight excluding hydrogens is 293 g/mol. The Labute approximate surface area is 126 Å². The van der Waals surface area contributed by atoms with Crippen LogP contribution in [0, 0.1) is 25.6 Å². The molecule has 4 nitrogen and oxygen atoms in total. The molecule has 1 aromatic carbocycles. The largest absolute Gasteiger partial charge is 0.384 e. The Balaban J connectivity index is 2.24. The molecule has 6 heteroatoms. The number of benzene rings is 1. The molecule has 0 saturated carbocycles. The van der Waals surface area contributed by atoms with Crippen LogP contribution in [0.1, 0.15) is 24.0 Å². The van der Waals surface area contributed by atoms with Crippen molar-refractivity contribution in [1.82, 2.24) is 4.31 Å². The maximum absolute atomic E-state index is 13.4. The maximum atomic E-state index is 13.4. The molecular formula is C15H22FNO3S. The Morgan fingerprint density at radius 1 is 1.24 bits per heavy atom. The molecule has 21 heavy (non-hydrogen) atoms. The molecule has 1 saturated heterocycles. The molecule has 0 radical (unpaired) electrons. The predicted octanol–water partition coefficient (Wildman–Crippen LogP) is 2.49. The first-order valence-corrected chi connectivity index (χ1v) is 8.56. The van der Waals surface area contributed by atoms with E-state index in [-0.39, 0.29) is 4.90 Å². The Hall–Kier alpha value is -0.980. The fourth-order valence-corrected chi connectivity index (χ4v) is 4.87. The van der Waals surface area contributed by atoms with Gasteiger partial charge in [0.25, 0.3) is 0 Å². The summed E-state index contributed by atoms with van der Waals surface area (Å²) in [5, 5.41) is 0. The van der Waals surface area contributed by atoms with E-state index in [9.17, 15) is 12.8 Å². The molecule has 2 rings (SSSR count). The van der Waals surface area contributed by atoms with Gasteiger partial charge in [0, 0.05) is 26.8 Å². The highest BCUT2D eigenvalue weighted by Crippen LogP contribution is 2.28. The van der Waals surface area contributed by atoms with Crippen LogP contribution in [0.3, 0.4) is 0 Å². The van der Waals surface area contributed by atoms with Gasteiger partial charge in [-0.3, -0.25) is 0 Å². The lowest BCUT2D eigenvalue weighted by atomic mass is 9.99. The third-order valence-corrected chi connectivity index (χ3v) is 6.20. The van der Waals surface area contributed by atoms with Crippen molar-refractivity contribution >= 4 is 10.0 Å². The first kappa shape index (κ1) is 16.4. The minimum Gasteiger partial charge on any atom is -0.384 e. The minimum atomic E-state index is -3.55. The molecule has 0 aromatic heterocycles. The summed E-state index contributed by atoms with van der Waals surface area (Å²) in [6.45, 7) is 4.93. The molecule has 1 heterocycles. The molecule has 0 unspecified atom stereocenters. The number of piperidine rings is 1. The first-order chi connectivity index (χ1) is 9.86. The first-order valence-electron chi connectivity index (χ1n) is 7.12. The van der Waals surface area contributed by atoms with Gasteiger partial charge >= 0.3 is 0 Å². The van der Waals surface area contributed by atoms with E-state index in [1.807, 2.05) is 0 Å². The minimum absolute atomic E-state index is 0.245. The Bertz CT molecular complexity index is 584. The number of ether oxygens (including phenoxy) is 1. The van der Waals surface area contributed by atoms with Crippen molar-refractivity contribution in [1.29, 1.82) is 0 Å². The fraction of sp³-hybridized carbons (Fsp3) is 0.600. The summed E-state index contributed by atoms with van der Waals surface area (Å²) in [4.78, 5) is 0.245. The molecule has 0 aliphatic carbocycles. The lowest BCUT2D eigenvalue weighted by Crippen LogP contribution is -2.39. The van der Waals surface area contributed by atoms with Crippen molar-refractivity contribution in [3.8, 4) is 0 Å². The summed E-state index contributed by atoms with van der Waals surface area (Å²) in [6.07, 6.45) is 1.60. The molecule has 1 aliphatic heterocycles. The van der Waals surface area contributed by atoms with E-state index < -0.39 is 15.8 Å². The van der Waals surface area contributed by atoms with Crippen molar-refractivity contribution < 1.29 is 17.5 Å². The standard InChI is InChI=1S/C15H22FNO3S/c1-11-8-14(16)9-12(2)15(11)21(18,19)17-6-4-13(5-7-17)10-20-3/h8-9,13H,4-7,10H2,1-3H3. The molecule has 0 atom stereocenters. The van der Waals surface area contributed by atoms with Gasteiger partial charge in [0.15, 0.2) is 0 Å². The molecule has 0 spiro atoms. The Morgan fingerprint density at radius 3 is 2.24 bits per heavy atom. The second-order valence-electron chi connectivity index (χ2n) is 5.67. The van der Waals surface area contributed by atoms with Gasteiger partial charge in [-0.05, 0) is 55.9 Å². The summed E-state index contributed by atoms with van der Waals surface area (Å²) in [5.41, 5.74) is 0.929. The SMILES string of the molecule is COCC1CCN(S(=O)(=O)c2c(C)cc(F)cc2C)CC1. The second-order valence-corrected chi connectivity index (χ2v) is 7.55. The van der Waals surface area contributed by atoms with Crippen molar-refractivity contribution in [2.75, 3.05) is 26.8 Å². The second kappa shape index (κ2) is 6.42. The molecule has 118 valence electrons. The van der Waals surface area contributed by atoms with Crippen LogP contribution in [0.4, 0.5) is 4.39 Å². The van der Waals surface area contributed by atoms with E-state index in [1.54, 1.807) is 21.0 Å². The molecule has 1 aromatic rings. The fourth-order valence-electron chi connectivity index (χ4n) is 2.99. The van der Waals surface area contributed by atoms with Gasteiger partial charge in [0.1, 0.15) is 5.82 Å². The monoisotopic (exact) mass is 315 g/mol. The summed E-state index contributed by atoms with van der Waals surface area (Å²) in [7, 11) is -1.89. The summed E-state index contributed by atoms with van der Waals surface area (Å²) in [5.74, 6) is 0.0135. The topological polar surface area (TPSA) is 46.6 Å². The van der Waals surface area contributed by atoms with E-state index in [0.717, 1.165) is 12.8 Å². The number of sulfonamides is 1. The smallest absolute Gasteiger partial charge is 0.243 e. The van der Waals surface area contributed by atoms with Crippen LogP contribution in [-0.4, -0.2) is 39.5 Å². The van der Waals surface area contributed by atoms with Gasteiger partial charge < -0.3 is 4.74 Å². The van der Waals surface area contributed by atoms with Crippen LogP contribution in [0.5, 0.6) is 0 Å². The van der Waals surface area contributed by atoms with Crippen LogP contribution >= 0.6 is 0 Å². The number of halogens is 1. The average molecular weight is 315 g/mol. The molecule has 0 N–H and O–H groups in total. The number of rotatable bonds is 4. The van der Waals surface area contributed by atoms with Crippen molar-refractivity contribution in [2.24, 2.45) is 5.92 Å².